The normalized spacial score (nSPS) is 24.0. The SMILES string of the molecule is CCN1C(=O)N[C@@H](c2cccc(OC)c2OC)[C@@H](C(=O)c2cccs2)[C@@]1(O)C(F)(F)F. The molecule has 3 rings (SSSR count). The Morgan fingerprint density at radius 3 is 2.48 bits per heavy atom. The number of Topliss-reactive ketones (excluding diaryl/α,β-unsaturated/α-hetero) is 1. The van der Waals surface area contributed by atoms with Crippen LogP contribution < -0.4 is 14.8 Å². The van der Waals surface area contributed by atoms with Gasteiger partial charge < -0.3 is 19.9 Å². The van der Waals surface area contributed by atoms with Gasteiger partial charge in [-0.05, 0) is 24.4 Å². The molecular weight excluding hydrogens is 437 g/mol. The summed E-state index contributed by atoms with van der Waals surface area (Å²) in [7, 11) is 2.64. The zero-order valence-corrected chi connectivity index (χ0v) is 17.7. The number of hydrogen-bond donors (Lipinski definition) is 2. The number of nitrogens with zero attached hydrogens (tertiary/aromatic N) is 1. The lowest BCUT2D eigenvalue weighted by Crippen LogP contribution is -2.73. The quantitative estimate of drug-likeness (QED) is 0.646. The zero-order valence-electron chi connectivity index (χ0n) is 16.9. The number of hydrogen-bond acceptors (Lipinski definition) is 6. The molecule has 1 aliphatic heterocycles. The Labute approximate surface area is 180 Å². The number of amides is 2. The molecule has 0 saturated carbocycles. The number of benzene rings is 1. The number of carbonyl (C=O) groups is 2. The van der Waals surface area contributed by atoms with E-state index < -0.39 is 42.2 Å². The van der Waals surface area contributed by atoms with Gasteiger partial charge in [0.1, 0.15) is 5.92 Å². The van der Waals surface area contributed by atoms with E-state index in [0.29, 0.717) is 0 Å². The highest BCUT2D eigenvalue weighted by molar-refractivity contribution is 7.12. The van der Waals surface area contributed by atoms with E-state index in [1.807, 2.05) is 0 Å². The Morgan fingerprint density at radius 1 is 1.26 bits per heavy atom. The first-order valence-corrected chi connectivity index (χ1v) is 10.2. The van der Waals surface area contributed by atoms with Crippen LogP contribution in [0, 0.1) is 5.92 Å². The van der Waals surface area contributed by atoms with Crippen LogP contribution in [-0.2, 0) is 0 Å². The van der Waals surface area contributed by atoms with E-state index in [4.69, 9.17) is 9.47 Å². The first kappa shape index (κ1) is 22.9. The van der Waals surface area contributed by atoms with E-state index in [9.17, 15) is 27.9 Å². The minimum atomic E-state index is -5.32. The molecule has 2 N–H and O–H groups in total. The number of carbonyl (C=O) groups excluding carboxylic acids is 2. The minimum Gasteiger partial charge on any atom is -0.493 e. The monoisotopic (exact) mass is 458 g/mol. The lowest BCUT2D eigenvalue weighted by atomic mass is 9.77. The largest absolute Gasteiger partial charge is 0.493 e. The molecule has 0 radical (unpaired) electrons. The molecule has 3 atom stereocenters. The number of para-hydroxylation sites is 1. The number of ether oxygens (including phenoxy) is 2. The van der Waals surface area contributed by atoms with Gasteiger partial charge in [0.2, 0.25) is 0 Å². The first-order valence-electron chi connectivity index (χ1n) is 9.27. The van der Waals surface area contributed by atoms with Crippen molar-refractivity contribution in [3.63, 3.8) is 0 Å². The molecule has 1 fully saturated rings. The minimum absolute atomic E-state index is 0.0201. The third kappa shape index (κ3) is 3.61. The van der Waals surface area contributed by atoms with Crippen LogP contribution in [0.4, 0.5) is 18.0 Å². The Kier molecular flexibility index (Phi) is 6.19. The van der Waals surface area contributed by atoms with Crippen LogP contribution in [-0.4, -0.2) is 54.5 Å². The Bertz CT molecular complexity index is 966. The number of halogens is 3. The Hall–Kier alpha value is -2.79. The van der Waals surface area contributed by atoms with Gasteiger partial charge in [0, 0.05) is 12.1 Å². The summed E-state index contributed by atoms with van der Waals surface area (Å²) in [6, 6.07) is 4.63. The Morgan fingerprint density at radius 2 is 1.97 bits per heavy atom. The van der Waals surface area contributed by atoms with Crippen molar-refractivity contribution in [2.75, 3.05) is 20.8 Å². The number of rotatable bonds is 6. The van der Waals surface area contributed by atoms with Crippen molar-refractivity contribution in [3.05, 3.63) is 46.2 Å². The smallest absolute Gasteiger partial charge is 0.437 e. The highest BCUT2D eigenvalue weighted by Crippen LogP contribution is 2.50. The van der Waals surface area contributed by atoms with Crippen molar-refractivity contribution < 1.29 is 37.3 Å². The number of aliphatic hydroxyl groups is 1. The van der Waals surface area contributed by atoms with Crippen LogP contribution in [0.1, 0.15) is 28.2 Å². The Balaban J connectivity index is 2.29. The number of nitrogens with one attached hydrogen (secondary N) is 1. The second-order valence-corrected chi connectivity index (χ2v) is 7.74. The van der Waals surface area contributed by atoms with Gasteiger partial charge in [-0.2, -0.15) is 13.2 Å². The molecule has 0 unspecified atom stereocenters. The van der Waals surface area contributed by atoms with Crippen LogP contribution >= 0.6 is 11.3 Å². The molecule has 2 aromatic rings. The molecule has 0 spiro atoms. The van der Waals surface area contributed by atoms with E-state index in [-0.39, 0.29) is 26.8 Å². The molecule has 2 heterocycles. The van der Waals surface area contributed by atoms with Gasteiger partial charge in [0.15, 0.2) is 17.3 Å². The molecule has 0 bridgehead atoms. The second-order valence-electron chi connectivity index (χ2n) is 6.80. The maximum absolute atomic E-state index is 14.3. The molecule has 7 nitrogen and oxygen atoms in total. The molecule has 11 heteroatoms. The van der Waals surface area contributed by atoms with Gasteiger partial charge in [0.25, 0.3) is 5.72 Å². The summed E-state index contributed by atoms with van der Waals surface area (Å²) < 4.78 is 53.5. The van der Waals surface area contributed by atoms with Crippen LogP contribution in [0.2, 0.25) is 0 Å². The van der Waals surface area contributed by atoms with Crippen LogP contribution in [0.25, 0.3) is 0 Å². The third-order valence-corrected chi connectivity index (χ3v) is 6.14. The zero-order chi connectivity index (χ0) is 23.0. The fourth-order valence-corrected chi connectivity index (χ4v) is 4.59. The van der Waals surface area contributed by atoms with Crippen molar-refractivity contribution in [3.8, 4) is 11.5 Å². The summed E-state index contributed by atoms with van der Waals surface area (Å²) in [5.74, 6) is -2.81. The van der Waals surface area contributed by atoms with Crippen molar-refractivity contribution in [1.82, 2.24) is 10.2 Å². The second kappa shape index (κ2) is 8.39. The van der Waals surface area contributed by atoms with Gasteiger partial charge in [0.05, 0.1) is 25.1 Å². The summed E-state index contributed by atoms with van der Waals surface area (Å²) in [5, 5.41) is 15.0. The standard InChI is InChI=1S/C20H21F3N2O5S/c1-4-25-18(27)24-15(11-7-5-8-12(29-2)17(11)30-3)14(19(25,28)20(21,22)23)16(26)13-9-6-10-31-13/h5-10,14-15,28H,4H2,1-3H3,(H,24,27)/t14-,15-,19+/m0/s1. The molecule has 0 aliphatic carbocycles. The van der Waals surface area contributed by atoms with Gasteiger partial charge in [-0.25, -0.2) is 4.79 Å². The summed E-state index contributed by atoms with van der Waals surface area (Å²) in [5.41, 5.74) is -3.67. The number of alkyl halides is 3. The summed E-state index contributed by atoms with van der Waals surface area (Å²) in [6.45, 7) is 0.813. The average molecular weight is 458 g/mol. The van der Waals surface area contributed by atoms with E-state index in [1.54, 1.807) is 5.38 Å². The summed E-state index contributed by atoms with van der Waals surface area (Å²) >= 11 is 0.945. The highest BCUT2D eigenvalue weighted by atomic mass is 32.1. The molecule has 168 valence electrons. The van der Waals surface area contributed by atoms with Crippen molar-refractivity contribution in [1.29, 1.82) is 0 Å². The number of thiophene rings is 1. The first-order chi connectivity index (χ1) is 14.6. The number of ketones is 1. The lowest BCUT2D eigenvalue weighted by Gasteiger charge is -2.50. The van der Waals surface area contributed by atoms with Crippen molar-refractivity contribution in [2.45, 2.75) is 24.9 Å². The predicted molar refractivity (Wildman–Crippen MR) is 106 cm³/mol. The fourth-order valence-electron chi connectivity index (χ4n) is 3.88. The molecule has 2 amide bonds. The summed E-state index contributed by atoms with van der Waals surface area (Å²) in [4.78, 5) is 26.2. The van der Waals surface area contributed by atoms with Crippen molar-refractivity contribution >= 4 is 23.2 Å². The lowest BCUT2D eigenvalue weighted by molar-refractivity contribution is -0.326. The number of urea groups is 1. The molecule has 1 aliphatic rings. The van der Waals surface area contributed by atoms with E-state index in [1.165, 1.54) is 51.5 Å². The maximum Gasteiger partial charge on any atom is 0.437 e. The predicted octanol–water partition coefficient (Wildman–Crippen LogP) is 3.60. The van der Waals surface area contributed by atoms with Gasteiger partial charge in [-0.15, -0.1) is 11.3 Å². The van der Waals surface area contributed by atoms with Crippen molar-refractivity contribution in [2.24, 2.45) is 5.92 Å². The molecule has 1 aromatic carbocycles. The summed E-state index contributed by atoms with van der Waals surface area (Å²) in [6.07, 6.45) is -5.32. The highest BCUT2D eigenvalue weighted by Gasteiger charge is 2.70. The molecule has 1 aromatic heterocycles. The topological polar surface area (TPSA) is 88.1 Å². The van der Waals surface area contributed by atoms with Crippen LogP contribution in [0.3, 0.4) is 0 Å². The number of methoxy groups -OCH3 is 2. The van der Waals surface area contributed by atoms with E-state index >= 15 is 0 Å². The average Bonchev–Trinajstić information content (AvgIpc) is 3.26. The third-order valence-electron chi connectivity index (χ3n) is 5.25. The molecular formula is C20H21F3N2O5S. The fraction of sp³-hybridized carbons (Fsp3) is 0.400. The van der Waals surface area contributed by atoms with E-state index in [0.717, 1.165) is 11.3 Å². The van der Waals surface area contributed by atoms with E-state index in [2.05, 4.69) is 5.32 Å². The molecule has 31 heavy (non-hydrogen) atoms. The van der Waals surface area contributed by atoms with Crippen LogP contribution in [0.15, 0.2) is 35.7 Å². The van der Waals surface area contributed by atoms with Gasteiger partial charge in [-0.1, -0.05) is 18.2 Å². The van der Waals surface area contributed by atoms with Crippen LogP contribution in [0.5, 0.6) is 11.5 Å². The maximum atomic E-state index is 14.3. The van der Waals surface area contributed by atoms with Gasteiger partial charge in [-0.3, -0.25) is 9.69 Å². The van der Waals surface area contributed by atoms with Gasteiger partial charge >= 0.3 is 12.2 Å². The molecule has 1 saturated heterocycles.